The van der Waals surface area contributed by atoms with E-state index >= 15 is 0 Å². The molecule has 162 valence electrons. The minimum absolute atomic E-state index is 0.0141. The molecule has 2 aromatic carbocycles. The lowest BCUT2D eigenvalue weighted by Gasteiger charge is -2.12. The number of fused-ring (bicyclic) bond motifs is 3. The van der Waals surface area contributed by atoms with Crippen molar-refractivity contribution in [2.75, 3.05) is 19.5 Å². The minimum atomic E-state index is -0.340. The molecule has 7 nitrogen and oxygen atoms in total. The van der Waals surface area contributed by atoms with E-state index in [1.165, 1.54) is 12.1 Å². The Morgan fingerprint density at radius 2 is 1.97 bits per heavy atom. The summed E-state index contributed by atoms with van der Waals surface area (Å²) < 4.78 is 31.6. The molecule has 31 heavy (non-hydrogen) atoms. The van der Waals surface area contributed by atoms with Crippen LogP contribution in [0, 0.1) is 5.82 Å². The molecule has 0 fully saturated rings. The van der Waals surface area contributed by atoms with E-state index in [2.05, 4.69) is 10.4 Å². The van der Waals surface area contributed by atoms with E-state index in [0.29, 0.717) is 42.3 Å². The summed E-state index contributed by atoms with van der Waals surface area (Å²) in [5.41, 5.74) is 4.32. The molecule has 8 heteroatoms. The van der Waals surface area contributed by atoms with E-state index in [1.807, 2.05) is 19.1 Å². The van der Waals surface area contributed by atoms with Crippen LogP contribution >= 0.6 is 0 Å². The molecule has 1 N–H and O–H groups in total. The minimum Gasteiger partial charge on any atom is -0.493 e. The van der Waals surface area contributed by atoms with Crippen LogP contribution in [0.25, 0.3) is 11.3 Å². The van der Waals surface area contributed by atoms with Crippen LogP contribution in [-0.4, -0.2) is 30.0 Å². The number of carbonyl (C=O) groups is 1. The van der Waals surface area contributed by atoms with Crippen molar-refractivity contribution in [2.45, 2.75) is 32.9 Å². The van der Waals surface area contributed by atoms with Crippen LogP contribution in [0.15, 0.2) is 36.4 Å². The Balaban J connectivity index is 1.75. The van der Waals surface area contributed by atoms with Gasteiger partial charge in [0, 0.05) is 29.7 Å². The Kier molecular flexibility index (Phi) is 5.79. The number of methoxy groups -OCH3 is 2. The van der Waals surface area contributed by atoms with Gasteiger partial charge in [-0.15, -0.1) is 0 Å². The normalized spacial score (nSPS) is 11.6. The van der Waals surface area contributed by atoms with Crippen LogP contribution in [0.2, 0.25) is 0 Å². The Morgan fingerprint density at radius 3 is 2.68 bits per heavy atom. The summed E-state index contributed by atoms with van der Waals surface area (Å²) in [7, 11) is 3.18. The fraction of sp³-hybridized carbons (Fsp3) is 0.304. The fourth-order valence-electron chi connectivity index (χ4n) is 3.75. The molecule has 4 rings (SSSR count). The Bertz CT molecular complexity index is 1130. The van der Waals surface area contributed by atoms with E-state index in [-0.39, 0.29) is 18.5 Å². The SMILES string of the molecule is CCCC(=O)OCn1nc(Nc2cccc(F)c2)c2c1-c1cc(OC)c(OC)cc1C2. The highest BCUT2D eigenvalue weighted by molar-refractivity contribution is 5.82. The molecule has 0 radical (unpaired) electrons. The second-order valence-corrected chi connectivity index (χ2v) is 7.25. The van der Waals surface area contributed by atoms with Gasteiger partial charge < -0.3 is 19.5 Å². The molecule has 0 aliphatic heterocycles. The third kappa shape index (κ3) is 4.05. The number of esters is 1. The summed E-state index contributed by atoms with van der Waals surface area (Å²) in [5.74, 6) is 1.20. The van der Waals surface area contributed by atoms with Gasteiger partial charge in [-0.3, -0.25) is 4.79 Å². The summed E-state index contributed by atoms with van der Waals surface area (Å²) in [4.78, 5) is 11.9. The topological polar surface area (TPSA) is 74.6 Å². The van der Waals surface area contributed by atoms with Crippen molar-refractivity contribution in [3.05, 3.63) is 53.3 Å². The zero-order valence-corrected chi connectivity index (χ0v) is 17.7. The zero-order valence-electron chi connectivity index (χ0n) is 17.7. The Labute approximate surface area is 179 Å². The predicted octanol–water partition coefficient (Wildman–Crippen LogP) is 4.66. The van der Waals surface area contributed by atoms with E-state index in [0.717, 1.165) is 22.4 Å². The van der Waals surface area contributed by atoms with Gasteiger partial charge in [0.15, 0.2) is 24.0 Å². The second-order valence-electron chi connectivity index (χ2n) is 7.25. The number of carbonyl (C=O) groups excluding carboxylic acids is 1. The molecule has 1 aromatic heterocycles. The van der Waals surface area contributed by atoms with Crippen molar-refractivity contribution in [3.8, 4) is 22.8 Å². The lowest BCUT2D eigenvalue weighted by molar-refractivity contribution is -0.147. The van der Waals surface area contributed by atoms with Gasteiger partial charge in [0.25, 0.3) is 0 Å². The van der Waals surface area contributed by atoms with Crippen LogP contribution in [0.1, 0.15) is 30.9 Å². The van der Waals surface area contributed by atoms with E-state index in [1.54, 1.807) is 31.0 Å². The van der Waals surface area contributed by atoms with Gasteiger partial charge in [0.05, 0.1) is 19.9 Å². The van der Waals surface area contributed by atoms with Crippen LogP contribution in [-0.2, 0) is 22.7 Å². The summed E-state index contributed by atoms with van der Waals surface area (Å²) in [6.45, 7) is 1.91. The monoisotopic (exact) mass is 425 g/mol. The molecule has 1 heterocycles. The second kappa shape index (κ2) is 8.67. The number of ether oxygens (including phenoxy) is 3. The third-order valence-electron chi connectivity index (χ3n) is 5.17. The first-order valence-corrected chi connectivity index (χ1v) is 10.1. The highest BCUT2D eigenvalue weighted by atomic mass is 19.1. The molecular formula is C23H24FN3O4. The summed E-state index contributed by atoms with van der Waals surface area (Å²) in [6, 6.07) is 10.0. The van der Waals surface area contributed by atoms with E-state index in [9.17, 15) is 9.18 Å². The summed E-state index contributed by atoms with van der Waals surface area (Å²) >= 11 is 0. The van der Waals surface area contributed by atoms with Gasteiger partial charge in [-0.2, -0.15) is 5.10 Å². The van der Waals surface area contributed by atoms with E-state index < -0.39 is 0 Å². The summed E-state index contributed by atoms with van der Waals surface area (Å²) in [5, 5.41) is 7.82. The van der Waals surface area contributed by atoms with Crippen molar-refractivity contribution in [1.82, 2.24) is 9.78 Å². The fourth-order valence-corrected chi connectivity index (χ4v) is 3.75. The number of anilines is 2. The first-order valence-electron chi connectivity index (χ1n) is 10.1. The van der Waals surface area contributed by atoms with Crippen molar-refractivity contribution < 1.29 is 23.4 Å². The Morgan fingerprint density at radius 1 is 1.19 bits per heavy atom. The number of nitrogens with zero attached hydrogens (tertiary/aromatic N) is 2. The zero-order chi connectivity index (χ0) is 22.0. The molecule has 0 spiro atoms. The van der Waals surface area contributed by atoms with Crippen molar-refractivity contribution in [3.63, 3.8) is 0 Å². The van der Waals surface area contributed by atoms with Crippen molar-refractivity contribution >= 4 is 17.5 Å². The number of benzene rings is 2. The maximum atomic E-state index is 13.7. The van der Waals surface area contributed by atoms with Gasteiger partial charge in [-0.25, -0.2) is 9.07 Å². The Hall–Kier alpha value is -3.55. The smallest absolute Gasteiger partial charge is 0.307 e. The predicted molar refractivity (Wildman–Crippen MR) is 114 cm³/mol. The molecule has 1 aliphatic rings. The van der Waals surface area contributed by atoms with Crippen LogP contribution in [0.4, 0.5) is 15.9 Å². The molecule has 0 amide bonds. The van der Waals surface area contributed by atoms with Gasteiger partial charge in [-0.05, 0) is 42.3 Å². The summed E-state index contributed by atoms with van der Waals surface area (Å²) in [6.07, 6.45) is 1.66. The highest BCUT2D eigenvalue weighted by Gasteiger charge is 2.30. The van der Waals surface area contributed by atoms with Gasteiger partial charge in [0.1, 0.15) is 5.82 Å². The first-order chi connectivity index (χ1) is 15.0. The molecule has 0 unspecified atom stereocenters. The number of halogens is 1. The van der Waals surface area contributed by atoms with Gasteiger partial charge in [-0.1, -0.05) is 13.0 Å². The van der Waals surface area contributed by atoms with E-state index in [4.69, 9.17) is 14.2 Å². The van der Waals surface area contributed by atoms with Crippen LogP contribution < -0.4 is 14.8 Å². The molecule has 1 aliphatic carbocycles. The van der Waals surface area contributed by atoms with Gasteiger partial charge >= 0.3 is 5.97 Å². The average Bonchev–Trinajstić information content (AvgIpc) is 3.28. The molecule has 0 saturated heterocycles. The third-order valence-corrected chi connectivity index (χ3v) is 5.17. The number of nitrogens with one attached hydrogen (secondary N) is 1. The molecule has 0 atom stereocenters. The maximum Gasteiger partial charge on any atom is 0.307 e. The van der Waals surface area contributed by atoms with Crippen LogP contribution in [0.3, 0.4) is 0 Å². The largest absolute Gasteiger partial charge is 0.493 e. The quantitative estimate of drug-likeness (QED) is 0.414. The number of hydrogen-bond acceptors (Lipinski definition) is 6. The first kappa shape index (κ1) is 20.7. The molecule has 0 saturated carbocycles. The number of aromatic nitrogens is 2. The number of hydrogen-bond donors (Lipinski definition) is 1. The average molecular weight is 425 g/mol. The number of rotatable bonds is 8. The van der Waals surface area contributed by atoms with Crippen LogP contribution in [0.5, 0.6) is 11.5 Å². The molecule has 0 bridgehead atoms. The maximum absolute atomic E-state index is 13.7. The standard InChI is InChI=1S/C23H24FN3O4/c1-4-6-21(28)31-13-27-22-17-12-20(30-3)19(29-2)10-14(17)9-18(22)23(26-27)25-16-8-5-7-15(24)11-16/h5,7-8,10-12H,4,6,9,13H2,1-3H3,(H,25,26). The highest BCUT2D eigenvalue weighted by Crippen LogP contribution is 2.45. The molecular weight excluding hydrogens is 401 g/mol. The van der Waals surface area contributed by atoms with Crippen molar-refractivity contribution in [1.29, 1.82) is 0 Å². The molecule has 3 aromatic rings. The lowest BCUT2D eigenvalue weighted by atomic mass is 10.1. The van der Waals surface area contributed by atoms with Gasteiger partial charge in [0.2, 0.25) is 0 Å². The van der Waals surface area contributed by atoms with Crippen molar-refractivity contribution in [2.24, 2.45) is 0 Å². The lowest BCUT2D eigenvalue weighted by Crippen LogP contribution is -2.11.